The van der Waals surface area contributed by atoms with Gasteiger partial charge in [-0.25, -0.2) is 4.39 Å². The van der Waals surface area contributed by atoms with Gasteiger partial charge in [0.05, 0.1) is 22.4 Å². The zero-order valence-corrected chi connectivity index (χ0v) is 16.0. The predicted octanol–water partition coefficient (Wildman–Crippen LogP) is 3.84. The number of rotatable bonds is 5. The van der Waals surface area contributed by atoms with E-state index in [4.69, 9.17) is 0 Å². The van der Waals surface area contributed by atoms with E-state index in [2.05, 4.69) is 16.7 Å². The predicted molar refractivity (Wildman–Crippen MR) is 107 cm³/mol. The first-order valence-corrected chi connectivity index (χ1v) is 9.64. The molecule has 0 spiro atoms. The van der Waals surface area contributed by atoms with Crippen LogP contribution in [0.25, 0.3) is 0 Å². The number of aryl methyl sites for hydroxylation is 1. The lowest BCUT2D eigenvalue weighted by molar-refractivity contribution is -0.121. The van der Waals surface area contributed by atoms with Gasteiger partial charge in [0.1, 0.15) is 5.82 Å². The Morgan fingerprint density at radius 1 is 1.29 bits per heavy atom. The van der Waals surface area contributed by atoms with E-state index < -0.39 is 5.92 Å². The third-order valence-corrected chi connectivity index (χ3v) is 5.41. The van der Waals surface area contributed by atoms with Gasteiger partial charge in [0, 0.05) is 18.0 Å². The number of benzene rings is 2. The van der Waals surface area contributed by atoms with Gasteiger partial charge < -0.3 is 10.6 Å². The quantitative estimate of drug-likeness (QED) is 0.806. The molecule has 1 aliphatic rings. The fourth-order valence-electron chi connectivity index (χ4n) is 2.95. The number of hydrogen-bond acceptors (Lipinski definition) is 4. The molecule has 0 saturated carbocycles. The number of carbonyl (C=O) groups excluding carboxylic acids is 2. The van der Waals surface area contributed by atoms with Crippen molar-refractivity contribution >= 4 is 29.3 Å². The molecule has 0 fully saturated rings. The van der Waals surface area contributed by atoms with Crippen molar-refractivity contribution in [2.45, 2.75) is 19.3 Å². The Balaban J connectivity index is 1.76. The van der Waals surface area contributed by atoms with Gasteiger partial charge in [0.15, 0.2) is 0 Å². The number of para-hydroxylation sites is 1. The standard InChI is InChI=1S/C21H18FN3O2S/c1-13-4-2-3-5-18(13)24-20(27)12-28-21-17(11-23)16(10-19(26)25-21)14-6-8-15(22)9-7-14/h2-9,16H,10,12H2,1H3,(H,24,27)(H,25,26). The molecule has 0 aromatic heterocycles. The Morgan fingerprint density at radius 3 is 2.68 bits per heavy atom. The van der Waals surface area contributed by atoms with Gasteiger partial charge in [-0.15, -0.1) is 0 Å². The Hall–Kier alpha value is -3.11. The van der Waals surface area contributed by atoms with E-state index in [0.717, 1.165) is 23.0 Å². The normalized spacial score (nSPS) is 16.3. The highest BCUT2D eigenvalue weighted by molar-refractivity contribution is 8.03. The van der Waals surface area contributed by atoms with Crippen molar-refractivity contribution in [1.82, 2.24) is 5.32 Å². The number of halogens is 1. The molecule has 0 radical (unpaired) electrons. The summed E-state index contributed by atoms with van der Waals surface area (Å²) in [5, 5.41) is 15.5. The monoisotopic (exact) mass is 395 g/mol. The number of carbonyl (C=O) groups is 2. The van der Waals surface area contributed by atoms with E-state index in [1.54, 1.807) is 12.1 Å². The molecule has 1 aliphatic heterocycles. The smallest absolute Gasteiger partial charge is 0.234 e. The van der Waals surface area contributed by atoms with Gasteiger partial charge in [-0.3, -0.25) is 9.59 Å². The van der Waals surface area contributed by atoms with Crippen molar-refractivity contribution in [1.29, 1.82) is 5.26 Å². The molecule has 2 aromatic rings. The first-order valence-electron chi connectivity index (χ1n) is 8.66. The van der Waals surface area contributed by atoms with Crippen LogP contribution in [0.3, 0.4) is 0 Å². The van der Waals surface area contributed by atoms with Gasteiger partial charge in [0.25, 0.3) is 0 Å². The first-order chi connectivity index (χ1) is 13.5. The van der Waals surface area contributed by atoms with Gasteiger partial charge in [-0.2, -0.15) is 5.26 Å². The topological polar surface area (TPSA) is 82.0 Å². The van der Waals surface area contributed by atoms with Crippen LogP contribution in [0.2, 0.25) is 0 Å². The highest BCUT2D eigenvalue weighted by atomic mass is 32.2. The summed E-state index contributed by atoms with van der Waals surface area (Å²) in [4.78, 5) is 24.4. The van der Waals surface area contributed by atoms with E-state index in [9.17, 15) is 19.2 Å². The number of nitriles is 1. The summed E-state index contributed by atoms with van der Waals surface area (Å²) in [7, 11) is 0. The van der Waals surface area contributed by atoms with Crippen LogP contribution in [0.4, 0.5) is 10.1 Å². The first kappa shape index (κ1) is 19.6. The number of amides is 2. The minimum atomic E-state index is -0.457. The highest BCUT2D eigenvalue weighted by Gasteiger charge is 2.29. The molecule has 1 atom stereocenters. The second-order valence-electron chi connectivity index (χ2n) is 6.36. The van der Waals surface area contributed by atoms with E-state index >= 15 is 0 Å². The van der Waals surface area contributed by atoms with Crippen LogP contribution in [0.15, 0.2) is 59.1 Å². The number of anilines is 1. The number of allylic oxidation sites excluding steroid dienone is 1. The summed E-state index contributed by atoms with van der Waals surface area (Å²) in [5.41, 5.74) is 2.73. The lowest BCUT2D eigenvalue weighted by Gasteiger charge is -2.25. The zero-order chi connectivity index (χ0) is 20.1. The molecule has 0 bridgehead atoms. The second-order valence-corrected chi connectivity index (χ2v) is 7.35. The number of nitrogens with one attached hydrogen (secondary N) is 2. The van der Waals surface area contributed by atoms with Crippen molar-refractivity contribution in [2.24, 2.45) is 0 Å². The van der Waals surface area contributed by atoms with Crippen molar-refractivity contribution in [2.75, 3.05) is 11.1 Å². The summed E-state index contributed by atoms with van der Waals surface area (Å²) in [6.45, 7) is 1.90. The SMILES string of the molecule is Cc1ccccc1NC(=O)CSC1=C(C#N)C(c2ccc(F)cc2)CC(=O)N1. The molecule has 2 amide bonds. The lowest BCUT2D eigenvalue weighted by Crippen LogP contribution is -2.31. The fourth-order valence-corrected chi connectivity index (χ4v) is 3.83. The van der Waals surface area contributed by atoms with Crippen molar-refractivity contribution in [3.05, 3.63) is 76.1 Å². The van der Waals surface area contributed by atoms with Crippen LogP contribution >= 0.6 is 11.8 Å². The zero-order valence-electron chi connectivity index (χ0n) is 15.2. The molecule has 2 N–H and O–H groups in total. The average molecular weight is 395 g/mol. The molecule has 142 valence electrons. The summed E-state index contributed by atoms with van der Waals surface area (Å²) >= 11 is 1.11. The molecule has 5 nitrogen and oxygen atoms in total. The van der Waals surface area contributed by atoms with Crippen LogP contribution in [0.5, 0.6) is 0 Å². The number of hydrogen-bond donors (Lipinski definition) is 2. The van der Waals surface area contributed by atoms with Crippen LogP contribution in [-0.2, 0) is 9.59 Å². The van der Waals surface area contributed by atoms with Gasteiger partial charge in [-0.05, 0) is 36.2 Å². The van der Waals surface area contributed by atoms with Crippen LogP contribution in [0.1, 0.15) is 23.5 Å². The van der Waals surface area contributed by atoms with Crippen molar-refractivity contribution < 1.29 is 14.0 Å². The molecule has 28 heavy (non-hydrogen) atoms. The van der Waals surface area contributed by atoms with E-state index in [0.29, 0.717) is 16.2 Å². The summed E-state index contributed by atoms with van der Waals surface area (Å²) in [6.07, 6.45) is 0.105. The molecule has 1 unspecified atom stereocenters. The van der Waals surface area contributed by atoms with Crippen LogP contribution in [0, 0.1) is 24.1 Å². The highest BCUT2D eigenvalue weighted by Crippen LogP contribution is 2.36. The maximum Gasteiger partial charge on any atom is 0.234 e. The number of nitrogens with zero attached hydrogens (tertiary/aromatic N) is 1. The largest absolute Gasteiger partial charge is 0.325 e. The Bertz CT molecular complexity index is 980. The fraction of sp³-hybridized carbons (Fsp3) is 0.190. The second kappa shape index (κ2) is 8.72. The molecule has 0 aliphatic carbocycles. The van der Waals surface area contributed by atoms with Crippen LogP contribution < -0.4 is 10.6 Å². The molecule has 2 aromatic carbocycles. The molecule has 3 rings (SSSR count). The summed E-state index contributed by atoms with van der Waals surface area (Å²) in [6, 6.07) is 15.3. The van der Waals surface area contributed by atoms with E-state index in [1.807, 2.05) is 31.2 Å². The van der Waals surface area contributed by atoms with Gasteiger partial charge in [0.2, 0.25) is 11.8 Å². The van der Waals surface area contributed by atoms with E-state index in [-0.39, 0.29) is 29.8 Å². The molecule has 0 saturated heterocycles. The molecule has 7 heteroatoms. The van der Waals surface area contributed by atoms with Gasteiger partial charge >= 0.3 is 0 Å². The minimum absolute atomic E-state index is 0.0469. The summed E-state index contributed by atoms with van der Waals surface area (Å²) in [5.74, 6) is -1.27. The number of thioether (sulfide) groups is 1. The average Bonchev–Trinajstić information content (AvgIpc) is 2.68. The van der Waals surface area contributed by atoms with Crippen LogP contribution in [-0.4, -0.2) is 17.6 Å². The minimum Gasteiger partial charge on any atom is -0.325 e. The molecular formula is C21H18FN3O2S. The van der Waals surface area contributed by atoms with Crippen molar-refractivity contribution in [3.8, 4) is 6.07 Å². The molecular weight excluding hydrogens is 377 g/mol. The third kappa shape index (κ3) is 4.59. The Kier molecular flexibility index (Phi) is 6.12. The summed E-state index contributed by atoms with van der Waals surface area (Å²) < 4.78 is 13.2. The third-order valence-electron chi connectivity index (χ3n) is 4.40. The van der Waals surface area contributed by atoms with Crippen molar-refractivity contribution in [3.63, 3.8) is 0 Å². The Labute approximate surface area is 166 Å². The molecule has 1 heterocycles. The van der Waals surface area contributed by atoms with Gasteiger partial charge in [-0.1, -0.05) is 42.1 Å². The maximum absolute atomic E-state index is 13.2. The lowest BCUT2D eigenvalue weighted by atomic mass is 9.87. The van der Waals surface area contributed by atoms with E-state index in [1.165, 1.54) is 12.1 Å². The maximum atomic E-state index is 13.2. The Morgan fingerprint density at radius 2 is 2.00 bits per heavy atom.